The molecular formula is C15H18Cl2N2O. The molecule has 0 spiro atoms. The quantitative estimate of drug-likeness (QED) is 0.847. The van der Waals surface area contributed by atoms with Crippen molar-refractivity contribution in [3.8, 4) is 0 Å². The van der Waals surface area contributed by atoms with Gasteiger partial charge < -0.3 is 10.2 Å². The maximum atomic E-state index is 12.0. The molecule has 108 valence electrons. The molecule has 1 aliphatic carbocycles. The average molecular weight is 313 g/mol. The van der Waals surface area contributed by atoms with E-state index in [0.29, 0.717) is 10.0 Å². The van der Waals surface area contributed by atoms with Crippen LogP contribution in [0, 0.1) is 0 Å². The molecule has 0 unspecified atom stereocenters. The lowest BCUT2D eigenvalue weighted by Gasteiger charge is -2.19. The molecule has 0 radical (unpaired) electrons. The number of nitrogens with zero attached hydrogens (tertiary/aromatic N) is 1. The van der Waals surface area contributed by atoms with Crippen LogP contribution in [-0.2, 0) is 10.3 Å². The Hall–Kier alpha value is -1.03. The van der Waals surface area contributed by atoms with Gasteiger partial charge in [-0.2, -0.15) is 0 Å². The molecule has 3 nitrogen and oxygen atoms in total. The zero-order chi connectivity index (χ0) is 14.8. The number of halogens is 2. The van der Waals surface area contributed by atoms with Gasteiger partial charge in [0.05, 0.1) is 5.54 Å². The number of likely N-dealkylation sites (N-methyl/N-ethyl adjacent to an activating group) is 1. The summed E-state index contributed by atoms with van der Waals surface area (Å²) < 4.78 is 0. The highest BCUT2D eigenvalue weighted by molar-refractivity contribution is 6.36. The SMILES string of the molecule is CN(C)C/C=C/C(=O)NC1(c2c(Cl)cccc2Cl)CC1. The molecule has 1 aromatic rings. The van der Waals surface area contributed by atoms with Crippen LogP contribution in [0.3, 0.4) is 0 Å². The summed E-state index contributed by atoms with van der Waals surface area (Å²) in [5.41, 5.74) is 0.437. The molecule has 2 rings (SSSR count). The predicted octanol–water partition coefficient (Wildman–Crippen LogP) is 3.22. The van der Waals surface area contributed by atoms with Crippen molar-refractivity contribution in [3.05, 3.63) is 46.0 Å². The van der Waals surface area contributed by atoms with E-state index >= 15 is 0 Å². The molecule has 0 aromatic heterocycles. The Morgan fingerprint density at radius 1 is 1.35 bits per heavy atom. The van der Waals surface area contributed by atoms with Gasteiger partial charge in [0.15, 0.2) is 0 Å². The van der Waals surface area contributed by atoms with Gasteiger partial charge in [-0.3, -0.25) is 4.79 Å². The van der Waals surface area contributed by atoms with E-state index in [2.05, 4.69) is 5.32 Å². The van der Waals surface area contributed by atoms with Crippen LogP contribution in [0.4, 0.5) is 0 Å². The number of carbonyl (C=O) groups is 1. The number of benzene rings is 1. The van der Waals surface area contributed by atoms with Crippen LogP contribution in [0.1, 0.15) is 18.4 Å². The van der Waals surface area contributed by atoms with Crippen LogP contribution >= 0.6 is 23.2 Å². The molecule has 1 aliphatic rings. The zero-order valence-corrected chi connectivity index (χ0v) is 13.1. The molecule has 0 aliphatic heterocycles. The van der Waals surface area contributed by atoms with Crippen LogP contribution in [0.25, 0.3) is 0 Å². The third-order valence-electron chi connectivity index (χ3n) is 3.29. The molecule has 1 fully saturated rings. The van der Waals surface area contributed by atoms with Gasteiger partial charge in [0.2, 0.25) is 5.91 Å². The molecule has 20 heavy (non-hydrogen) atoms. The summed E-state index contributed by atoms with van der Waals surface area (Å²) in [4.78, 5) is 14.0. The number of nitrogens with one attached hydrogen (secondary N) is 1. The van der Waals surface area contributed by atoms with Crippen molar-refractivity contribution in [1.29, 1.82) is 0 Å². The monoisotopic (exact) mass is 312 g/mol. The Bertz CT molecular complexity index is 516. The van der Waals surface area contributed by atoms with E-state index in [4.69, 9.17) is 23.2 Å². The van der Waals surface area contributed by atoms with Crippen LogP contribution in [0.15, 0.2) is 30.4 Å². The average Bonchev–Trinajstić information content (AvgIpc) is 3.08. The van der Waals surface area contributed by atoms with Gasteiger partial charge in [-0.25, -0.2) is 0 Å². The third-order valence-corrected chi connectivity index (χ3v) is 3.92. The Morgan fingerprint density at radius 2 is 1.95 bits per heavy atom. The first-order valence-electron chi connectivity index (χ1n) is 6.52. The van der Waals surface area contributed by atoms with Crippen molar-refractivity contribution >= 4 is 29.1 Å². The molecule has 0 bridgehead atoms. The summed E-state index contributed by atoms with van der Waals surface area (Å²) >= 11 is 12.4. The number of carbonyl (C=O) groups excluding carboxylic acids is 1. The summed E-state index contributed by atoms with van der Waals surface area (Å²) in [6.45, 7) is 0.729. The molecule has 0 atom stereocenters. The zero-order valence-electron chi connectivity index (χ0n) is 11.6. The standard InChI is InChI=1S/C15H18Cl2N2O/c1-19(2)10-4-7-13(20)18-15(8-9-15)14-11(16)5-3-6-12(14)17/h3-7H,8-10H2,1-2H3,(H,18,20)/b7-4+. The molecule has 1 N–H and O–H groups in total. The fourth-order valence-electron chi connectivity index (χ4n) is 2.17. The lowest BCUT2D eigenvalue weighted by atomic mass is 10.0. The van der Waals surface area contributed by atoms with Crippen molar-refractivity contribution in [3.63, 3.8) is 0 Å². The van der Waals surface area contributed by atoms with Gasteiger partial charge in [0, 0.05) is 28.2 Å². The first-order valence-corrected chi connectivity index (χ1v) is 7.28. The Labute approximate surface area is 129 Å². The second-order valence-electron chi connectivity index (χ2n) is 5.33. The van der Waals surface area contributed by atoms with Gasteiger partial charge in [0.1, 0.15) is 0 Å². The van der Waals surface area contributed by atoms with Gasteiger partial charge >= 0.3 is 0 Å². The Kier molecular flexibility index (Phi) is 4.74. The van der Waals surface area contributed by atoms with Crippen LogP contribution in [-0.4, -0.2) is 31.4 Å². The first-order chi connectivity index (χ1) is 9.44. The van der Waals surface area contributed by atoms with Gasteiger partial charge in [-0.05, 0) is 39.1 Å². The number of rotatable bonds is 5. The number of hydrogen-bond donors (Lipinski definition) is 1. The van der Waals surface area contributed by atoms with Crippen molar-refractivity contribution < 1.29 is 4.79 Å². The summed E-state index contributed by atoms with van der Waals surface area (Å²) in [5.74, 6) is -0.111. The van der Waals surface area contributed by atoms with E-state index in [0.717, 1.165) is 24.9 Å². The first kappa shape index (κ1) is 15.4. The smallest absolute Gasteiger partial charge is 0.244 e. The minimum atomic E-state index is -0.394. The molecule has 1 aromatic carbocycles. The fourth-order valence-corrected chi connectivity index (χ4v) is 2.92. The second-order valence-corrected chi connectivity index (χ2v) is 6.15. The van der Waals surface area contributed by atoms with Crippen molar-refractivity contribution in [1.82, 2.24) is 10.2 Å². The van der Waals surface area contributed by atoms with Crippen LogP contribution in [0.5, 0.6) is 0 Å². The van der Waals surface area contributed by atoms with E-state index in [1.807, 2.05) is 31.1 Å². The minimum Gasteiger partial charge on any atom is -0.343 e. The lowest BCUT2D eigenvalue weighted by Crippen LogP contribution is -2.34. The largest absolute Gasteiger partial charge is 0.343 e. The van der Waals surface area contributed by atoms with Crippen LogP contribution < -0.4 is 5.32 Å². The van der Waals surface area contributed by atoms with E-state index in [1.54, 1.807) is 18.2 Å². The lowest BCUT2D eigenvalue weighted by molar-refractivity contribution is -0.117. The maximum absolute atomic E-state index is 12.0. The maximum Gasteiger partial charge on any atom is 0.244 e. The molecule has 1 amide bonds. The highest BCUT2D eigenvalue weighted by Gasteiger charge is 2.47. The fraction of sp³-hybridized carbons (Fsp3) is 0.400. The molecule has 5 heteroatoms. The summed E-state index contributed by atoms with van der Waals surface area (Å²) in [5, 5.41) is 4.23. The molecule has 0 heterocycles. The highest BCUT2D eigenvalue weighted by Crippen LogP contribution is 2.50. The topological polar surface area (TPSA) is 32.3 Å². The van der Waals surface area contributed by atoms with E-state index in [9.17, 15) is 4.79 Å². The Balaban J connectivity index is 2.09. The van der Waals surface area contributed by atoms with E-state index in [-0.39, 0.29) is 5.91 Å². The van der Waals surface area contributed by atoms with Crippen molar-refractivity contribution in [2.45, 2.75) is 18.4 Å². The normalized spacial score (nSPS) is 16.6. The molecular weight excluding hydrogens is 295 g/mol. The number of hydrogen-bond acceptors (Lipinski definition) is 2. The van der Waals surface area contributed by atoms with Crippen molar-refractivity contribution in [2.24, 2.45) is 0 Å². The van der Waals surface area contributed by atoms with Crippen LogP contribution in [0.2, 0.25) is 10.0 Å². The Morgan fingerprint density at radius 3 is 2.45 bits per heavy atom. The van der Waals surface area contributed by atoms with Gasteiger partial charge in [-0.15, -0.1) is 0 Å². The van der Waals surface area contributed by atoms with Gasteiger partial charge in [0.25, 0.3) is 0 Å². The molecule has 1 saturated carbocycles. The highest BCUT2D eigenvalue weighted by atomic mass is 35.5. The van der Waals surface area contributed by atoms with E-state index < -0.39 is 5.54 Å². The summed E-state index contributed by atoms with van der Waals surface area (Å²) in [7, 11) is 3.91. The summed E-state index contributed by atoms with van der Waals surface area (Å²) in [6, 6.07) is 5.41. The third kappa shape index (κ3) is 3.54. The molecule has 0 saturated heterocycles. The second kappa shape index (κ2) is 6.17. The predicted molar refractivity (Wildman–Crippen MR) is 83.2 cm³/mol. The minimum absolute atomic E-state index is 0.111. The number of amides is 1. The summed E-state index contributed by atoms with van der Waals surface area (Å²) in [6.07, 6.45) is 5.12. The van der Waals surface area contributed by atoms with Crippen molar-refractivity contribution in [2.75, 3.05) is 20.6 Å². The van der Waals surface area contributed by atoms with Gasteiger partial charge in [-0.1, -0.05) is 35.3 Å². The van der Waals surface area contributed by atoms with E-state index in [1.165, 1.54) is 0 Å².